The minimum Gasteiger partial charge on any atom is -0.0882 e. The van der Waals surface area contributed by atoms with Gasteiger partial charge in [0.25, 0.3) is 0 Å². The van der Waals surface area contributed by atoms with E-state index in [0.717, 1.165) is 23.7 Å². The monoisotopic (exact) mass is 218 g/mol. The predicted molar refractivity (Wildman–Crippen MR) is 69.3 cm³/mol. The van der Waals surface area contributed by atoms with Gasteiger partial charge in [-0.25, -0.2) is 0 Å². The molecule has 0 nitrogen and oxygen atoms in total. The SMILES string of the molecule is C1=CC2CCC(CCC3CCCC3)C2CC1. The number of allylic oxidation sites excluding steroid dienone is 2. The average molecular weight is 218 g/mol. The maximum Gasteiger partial charge on any atom is -0.0202 e. The normalized spacial score (nSPS) is 39.1. The predicted octanol–water partition coefficient (Wildman–Crippen LogP) is 4.95. The Hall–Kier alpha value is -0.260. The third-order valence-corrected chi connectivity index (χ3v) is 5.50. The van der Waals surface area contributed by atoms with Gasteiger partial charge in [-0.2, -0.15) is 0 Å². The van der Waals surface area contributed by atoms with Crippen molar-refractivity contribution in [2.45, 2.75) is 64.2 Å². The van der Waals surface area contributed by atoms with Gasteiger partial charge in [0, 0.05) is 0 Å². The van der Waals surface area contributed by atoms with Crippen molar-refractivity contribution >= 4 is 0 Å². The number of fused-ring (bicyclic) bond motifs is 1. The van der Waals surface area contributed by atoms with Crippen LogP contribution in [-0.4, -0.2) is 0 Å². The molecular weight excluding hydrogens is 192 g/mol. The fourth-order valence-electron chi connectivity index (χ4n) is 4.54. The first-order chi connectivity index (χ1) is 7.93. The van der Waals surface area contributed by atoms with Gasteiger partial charge in [0.15, 0.2) is 0 Å². The molecular formula is C16H26. The first-order valence-corrected chi connectivity index (χ1v) is 7.60. The molecule has 0 aliphatic heterocycles. The summed E-state index contributed by atoms with van der Waals surface area (Å²) in [5.74, 6) is 4.25. The van der Waals surface area contributed by atoms with Gasteiger partial charge in [0.2, 0.25) is 0 Å². The highest BCUT2D eigenvalue weighted by molar-refractivity contribution is 5.02. The molecule has 2 saturated carbocycles. The zero-order valence-corrected chi connectivity index (χ0v) is 10.5. The number of rotatable bonds is 3. The summed E-state index contributed by atoms with van der Waals surface area (Å²) in [6, 6.07) is 0. The molecule has 0 heteroatoms. The molecule has 0 saturated heterocycles. The van der Waals surface area contributed by atoms with Gasteiger partial charge in [-0.1, -0.05) is 44.3 Å². The summed E-state index contributed by atoms with van der Waals surface area (Å²) in [6.45, 7) is 0. The highest BCUT2D eigenvalue weighted by Crippen LogP contribution is 2.46. The summed E-state index contributed by atoms with van der Waals surface area (Å²) in [5, 5.41) is 0. The summed E-state index contributed by atoms with van der Waals surface area (Å²) in [4.78, 5) is 0. The lowest BCUT2D eigenvalue weighted by molar-refractivity contribution is 0.281. The van der Waals surface area contributed by atoms with Gasteiger partial charge >= 0.3 is 0 Å². The summed E-state index contributed by atoms with van der Waals surface area (Å²) >= 11 is 0. The molecule has 0 bridgehead atoms. The maximum absolute atomic E-state index is 2.53. The molecule has 3 unspecified atom stereocenters. The van der Waals surface area contributed by atoms with Crippen LogP contribution in [0.25, 0.3) is 0 Å². The van der Waals surface area contributed by atoms with Crippen LogP contribution in [0.3, 0.4) is 0 Å². The Morgan fingerprint density at radius 1 is 0.875 bits per heavy atom. The first-order valence-electron chi connectivity index (χ1n) is 7.60. The molecule has 90 valence electrons. The topological polar surface area (TPSA) is 0 Å². The van der Waals surface area contributed by atoms with Crippen LogP contribution in [0.2, 0.25) is 0 Å². The van der Waals surface area contributed by atoms with E-state index in [0.29, 0.717) is 0 Å². The molecule has 0 heterocycles. The molecule has 0 aromatic carbocycles. The van der Waals surface area contributed by atoms with Crippen molar-refractivity contribution < 1.29 is 0 Å². The molecule has 0 aromatic rings. The average Bonchev–Trinajstić information content (AvgIpc) is 2.96. The Bertz CT molecular complexity index is 247. The molecule has 0 radical (unpaired) electrons. The van der Waals surface area contributed by atoms with Crippen molar-refractivity contribution in [3.8, 4) is 0 Å². The van der Waals surface area contributed by atoms with Crippen molar-refractivity contribution in [3.05, 3.63) is 12.2 Å². The van der Waals surface area contributed by atoms with Crippen LogP contribution in [-0.2, 0) is 0 Å². The van der Waals surface area contributed by atoms with E-state index in [1.54, 1.807) is 25.7 Å². The van der Waals surface area contributed by atoms with Gasteiger partial charge in [-0.15, -0.1) is 0 Å². The van der Waals surface area contributed by atoms with Crippen LogP contribution in [0, 0.1) is 23.7 Å². The lowest BCUT2D eigenvalue weighted by Gasteiger charge is -2.26. The quantitative estimate of drug-likeness (QED) is 0.588. The Labute approximate surface area is 101 Å². The van der Waals surface area contributed by atoms with Crippen LogP contribution in [0.1, 0.15) is 64.2 Å². The Morgan fingerprint density at radius 3 is 2.62 bits per heavy atom. The fourth-order valence-corrected chi connectivity index (χ4v) is 4.54. The molecule has 3 aliphatic carbocycles. The Balaban J connectivity index is 1.49. The van der Waals surface area contributed by atoms with Crippen molar-refractivity contribution in [1.29, 1.82) is 0 Å². The number of hydrogen-bond acceptors (Lipinski definition) is 0. The maximum atomic E-state index is 2.53. The highest BCUT2D eigenvalue weighted by Gasteiger charge is 2.35. The molecule has 2 fully saturated rings. The highest BCUT2D eigenvalue weighted by atomic mass is 14.4. The van der Waals surface area contributed by atoms with E-state index in [4.69, 9.17) is 0 Å². The van der Waals surface area contributed by atoms with Crippen molar-refractivity contribution in [2.24, 2.45) is 23.7 Å². The Kier molecular flexibility index (Phi) is 3.35. The molecule has 3 aliphatic rings. The third-order valence-electron chi connectivity index (χ3n) is 5.50. The summed E-state index contributed by atoms with van der Waals surface area (Å²) < 4.78 is 0. The molecule has 0 amide bonds. The second-order valence-corrected chi connectivity index (χ2v) is 6.40. The van der Waals surface area contributed by atoms with E-state index < -0.39 is 0 Å². The molecule has 3 atom stereocenters. The van der Waals surface area contributed by atoms with Gasteiger partial charge < -0.3 is 0 Å². The van der Waals surface area contributed by atoms with E-state index >= 15 is 0 Å². The summed E-state index contributed by atoms with van der Waals surface area (Å²) in [6.07, 6.45) is 20.1. The van der Waals surface area contributed by atoms with Crippen LogP contribution >= 0.6 is 0 Å². The molecule has 0 spiro atoms. The lowest BCUT2D eigenvalue weighted by atomic mass is 9.79. The zero-order valence-electron chi connectivity index (χ0n) is 10.5. The van der Waals surface area contributed by atoms with Crippen molar-refractivity contribution in [3.63, 3.8) is 0 Å². The number of hydrogen-bond donors (Lipinski definition) is 0. The third kappa shape index (κ3) is 2.21. The molecule has 0 N–H and O–H groups in total. The molecule has 0 aromatic heterocycles. The molecule has 16 heavy (non-hydrogen) atoms. The van der Waals surface area contributed by atoms with Gasteiger partial charge in [0.1, 0.15) is 0 Å². The van der Waals surface area contributed by atoms with E-state index in [2.05, 4.69) is 12.2 Å². The lowest BCUT2D eigenvalue weighted by Crippen LogP contribution is -2.16. The van der Waals surface area contributed by atoms with Gasteiger partial charge in [0.05, 0.1) is 0 Å². The standard InChI is InChI=1S/C16H26/c1-2-6-13(5-1)9-10-15-12-11-14-7-3-4-8-16(14)15/h3,7,13-16H,1-2,4-6,8-12H2. The van der Waals surface area contributed by atoms with Crippen LogP contribution < -0.4 is 0 Å². The minimum atomic E-state index is 0.974. The van der Waals surface area contributed by atoms with Crippen molar-refractivity contribution in [2.75, 3.05) is 0 Å². The van der Waals surface area contributed by atoms with Crippen LogP contribution in [0.15, 0.2) is 12.2 Å². The second kappa shape index (κ2) is 4.94. The van der Waals surface area contributed by atoms with Gasteiger partial charge in [-0.05, 0) is 55.8 Å². The van der Waals surface area contributed by atoms with E-state index in [9.17, 15) is 0 Å². The van der Waals surface area contributed by atoms with Crippen LogP contribution in [0.4, 0.5) is 0 Å². The fraction of sp³-hybridized carbons (Fsp3) is 0.875. The van der Waals surface area contributed by atoms with Gasteiger partial charge in [-0.3, -0.25) is 0 Å². The minimum absolute atomic E-state index is 0.974. The largest absolute Gasteiger partial charge is 0.0882 e. The first kappa shape index (κ1) is 10.9. The Morgan fingerprint density at radius 2 is 1.75 bits per heavy atom. The summed E-state index contributed by atoms with van der Waals surface area (Å²) in [5.41, 5.74) is 0. The van der Waals surface area contributed by atoms with Crippen molar-refractivity contribution in [1.82, 2.24) is 0 Å². The molecule has 3 rings (SSSR count). The van der Waals surface area contributed by atoms with E-state index in [1.807, 2.05) is 0 Å². The van der Waals surface area contributed by atoms with Crippen LogP contribution in [0.5, 0.6) is 0 Å². The smallest absolute Gasteiger partial charge is 0.0202 e. The van der Waals surface area contributed by atoms with E-state index in [-0.39, 0.29) is 0 Å². The zero-order chi connectivity index (χ0) is 10.8. The summed E-state index contributed by atoms with van der Waals surface area (Å²) in [7, 11) is 0. The van der Waals surface area contributed by atoms with E-state index in [1.165, 1.54) is 38.5 Å². The second-order valence-electron chi connectivity index (χ2n) is 6.40.